The Hall–Kier alpha value is -3.99. The molecule has 4 aromatic rings. The minimum Gasteiger partial charge on any atom is -0.322 e. The molecule has 0 bridgehead atoms. The number of hydrogen-bond donors (Lipinski definition) is 2. The fraction of sp³-hybridized carbons (Fsp3) is 0.105. The Morgan fingerprint density at radius 2 is 2.11 bits per heavy atom. The highest BCUT2D eigenvalue weighted by Crippen LogP contribution is 2.31. The maximum atomic E-state index is 11.4. The largest absolute Gasteiger partial charge is 0.322 e. The second-order valence-corrected chi connectivity index (χ2v) is 6.06. The second kappa shape index (κ2) is 6.38. The summed E-state index contributed by atoms with van der Waals surface area (Å²) in [6.07, 6.45) is 3.32. The number of hydrogen-bond acceptors (Lipinski definition) is 5. The highest BCUT2D eigenvalue weighted by molar-refractivity contribution is 5.88. The number of anilines is 1. The van der Waals surface area contributed by atoms with Gasteiger partial charge in [0, 0.05) is 24.4 Å². The predicted molar refractivity (Wildman–Crippen MR) is 99.8 cm³/mol. The third-order valence-corrected chi connectivity index (χ3v) is 4.04. The molecule has 4 aromatic heterocycles. The zero-order valence-corrected chi connectivity index (χ0v) is 14.7. The minimum absolute atomic E-state index is 0.226. The average Bonchev–Trinajstić information content (AvgIpc) is 3.24. The first-order valence-corrected chi connectivity index (χ1v) is 8.24. The lowest BCUT2D eigenvalue weighted by Crippen LogP contribution is -2.07. The van der Waals surface area contributed by atoms with Crippen molar-refractivity contribution in [3.63, 3.8) is 0 Å². The van der Waals surface area contributed by atoms with Gasteiger partial charge in [-0.05, 0) is 31.2 Å². The molecule has 0 unspecified atom stereocenters. The number of nitrogens with one attached hydrogen (secondary N) is 2. The number of H-pyrrole nitrogens is 1. The van der Waals surface area contributed by atoms with Gasteiger partial charge >= 0.3 is 0 Å². The zero-order chi connectivity index (χ0) is 19.0. The van der Waals surface area contributed by atoms with Gasteiger partial charge in [0.25, 0.3) is 0 Å². The topological polar surface area (TPSA) is 112 Å². The lowest BCUT2D eigenvalue weighted by atomic mass is 10.1. The number of imidazole rings is 2. The van der Waals surface area contributed by atoms with Gasteiger partial charge in [-0.3, -0.25) is 19.5 Å². The normalized spacial score (nSPS) is 10.7. The molecule has 4 rings (SSSR count). The van der Waals surface area contributed by atoms with Crippen molar-refractivity contribution in [1.82, 2.24) is 24.3 Å². The van der Waals surface area contributed by atoms with Gasteiger partial charge in [-0.25, -0.2) is 9.97 Å². The van der Waals surface area contributed by atoms with Crippen LogP contribution in [0.4, 0.5) is 5.95 Å². The molecule has 8 nitrogen and oxygen atoms in total. The Balaban J connectivity index is 1.92. The molecule has 0 aliphatic carbocycles. The van der Waals surface area contributed by atoms with Gasteiger partial charge in [-0.15, -0.1) is 0 Å². The number of rotatable bonds is 3. The minimum atomic E-state index is -0.226. The molecule has 0 aliphatic rings. The molecule has 4 heterocycles. The van der Waals surface area contributed by atoms with Crippen LogP contribution in [0.15, 0.2) is 42.7 Å². The first kappa shape index (κ1) is 16.5. The second-order valence-electron chi connectivity index (χ2n) is 6.06. The number of pyridine rings is 2. The van der Waals surface area contributed by atoms with Crippen LogP contribution in [0, 0.1) is 18.3 Å². The Labute approximate surface area is 154 Å². The number of amides is 1. The van der Waals surface area contributed by atoms with Gasteiger partial charge in [-0.2, -0.15) is 5.26 Å². The summed E-state index contributed by atoms with van der Waals surface area (Å²) in [6.45, 7) is 3.33. The molecule has 0 fully saturated rings. The number of carbonyl (C=O) groups is 1. The molecular weight excluding hydrogens is 342 g/mol. The Morgan fingerprint density at radius 3 is 2.85 bits per heavy atom. The molecule has 0 spiro atoms. The average molecular weight is 357 g/mol. The van der Waals surface area contributed by atoms with Crippen LogP contribution in [0.2, 0.25) is 0 Å². The molecular formula is C19H15N7O. The van der Waals surface area contributed by atoms with E-state index in [4.69, 9.17) is 0 Å². The van der Waals surface area contributed by atoms with Gasteiger partial charge in [0.1, 0.15) is 23.1 Å². The molecule has 0 saturated heterocycles. The van der Waals surface area contributed by atoms with Gasteiger partial charge in [0.15, 0.2) is 0 Å². The summed E-state index contributed by atoms with van der Waals surface area (Å²) in [6, 6.07) is 11.5. The Kier molecular flexibility index (Phi) is 3.90. The first-order valence-electron chi connectivity index (χ1n) is 8.24. The van der Waals surface area contributed by atoms with E-state index in [0.717, 1.165) is 11.3 Å². The van der Waals surface area contributed by atoms with Gasteiger partial charge in [0.05, 0.1) is 17.6 Å². The van der Waals surface area contributed by atoms with Crippen LogP contribution in [0.25, 0.3) is 28.3 Å². The van der Waals surface area contributed by atoms with Gasteiger partial charge in [-0.1, -0.05) is 6.07 Å². The van der Waals surface area contributed by atoms with Crippen LogP contribution in [-0.2, 0) is 4.79 Å². The Bertz CT molecular complexity index is 1210. The molecule has 2 N–H and O–H groups in total. The van der Waals surface area contributed by atoms with Crippen LogP contribution in [0.1, 0.15) is 18.3 Å². The van der Waals surface area contributed by atoms with Crippen LogP contribution < -0.4 is 5.32 Å². The zero-order valence-electron chi connectivity index (χ0n) is 14.7. The van der Waals surface area contributed by atoms with E-state index in [0.29, 0.717) is 34.4 Å². The van der Waals surface area contributed by atoms with Gasteiger partial charge < -0.3 is 4.98 Å². The monoisotopic (exact) mass is 357 g/mol. The van der Waals surface area contributed by atoms with E-state index in [-0.39, 0.29) is 5.91 Å². The standard InChI is InChI=1S/C19H15N7O/c1-11-4-3-5-15(22-11)18-17(24-19(25-18)23-12(2)27)13-6-7-16-21-9-14(8-20)26(16)10-13/h3-7,9-10H,1-2H3,(H2,23,24,25,27). The molecule has 132 valence electrons. The van der Waals surface area contributed by atoms with Crippen LogP contribution >= 0.6 is 0 Å². The summed E-state index contributed by atoms with van der Waals surface area (Å²) < 4.78 is 1.70. The van der Waals surface area contributed by atoms with E-state index in [2.05, 4.69) is 31.3 Å². The molecule has 0 aliphatic heterocycles. The number of nitrogens with zero attached hydrogens (tertiary/aromatic N) is 5. The van der Waals surface area contributed by atoms with E-state index in [1.54, 1.807) is 10.6 Å². The highest BCUT2D eigenvalue weighted by Gasteiger charge is 2.17. The lowest BCUT2D eigenvalue weighted by molar-refractivity contribution is -0.114. The molecule has 0 aromatic carbocycles. The van der Waals surface area contributed by atoms with Crippen molar-refractivity contribution in [3.05, 3.63) is 54.1 Å². The number of aromatic nitrogens is 5. The number of carbonyl (C=O) groups excluding carboxylic acids is 1. The van der Waals surface area contributed by atoms with Crippen molar-refractivity contribution >= 4 is 17.5 Å². The van der Waals surface area contributed by atoms with Crippen molar-refractivity contribution in [1.29, 1.82) is 5.26 Å². The fourth-order valence-corrected chi connectivity index (χ4v) is 2.88. The summed E-state index contributed by atoms with van der Waals surface area (Å²) in [5.41, 5.74) is 4.74. The van der Waals surface area contributed by atoms with Crippen molar-refractivity contribution in [2.45, 2.75) is 13.8 Å². The number of nitriles is 1. The first-order chi connectivity index (χ1) is 13.0. The van der Waals surface area contributed by atoms with Crippen molar-refractivity contribution < 1.29 is 4.79 Å². The summed E-state index contributed by atoms with van der Waals surface area (Å²) in [5, 5.41) is 11.9. The number of aromatic amines is 1. The molecule has 0 saturated carbocycles. The van der Waals surface area contributed by atoms with E-state index < -0.39 is 0 Å². The van der Waals surface area contributed by atoms with E-state index >= 15 is 0 Å². The molecule has 0 atom stereocenters. The third kappa shape index (κ3) is 3.02. The van der Waals surface area contributed by atoms with Crippen molar-refractivity contribution in [2.75, 3.05) is 5.32 Å². The SMILES string of the molecule is CC(=O)Nc1nc(-c2ccc3ncc(C#N)n3c2)c(-c2cccc(C)n2)[nH]1. The smallest absolute Gasteiger partial charge is 0.223 e. The fourth-order valence-electron chi connectivity index (χ4n) is 2.88. The lowest BCUT2D eigenvalue weighted by Gasteiger charge is -2.04. The van der Waals surface area contributed by atoms with Crippen LogP contribution in [-0.4, -0.2) is 30.2 Å². The number of aryl methyl sites for hydroxylation is 1. The maximum Gasteiger partial charge on any atom is 0.223 e. The molecule has 1 amide bonds. The maximum absolute atomic E-state index is 11.4. The van der Waals surface area contributed by atoms with E-state index in [9.17, 15) is 10.1 Å². The summed E-state index contributed by atoms with van der Waals surface area (Å²) in [4.78, 5) is 27.9. The summed E-state index contributed by atoms with van der Waals surface area (Å²) in [7, 11) is 0. The Morgan fingerprint density at radius 1 is 1.26 bits per heavy atom. The summed E-state index contributed by atoms with van der Waals surface area (Å²) >= 11 is 0. The van der Waals surface area contributed by atoms with E-state index in [1.165, 1.54) is 13.1 Å². The molecule has 8 heteroatoms. The third-order valence-electron chi connectivity index (χ3n) is 4.04. The van der Waals surface area contributed by atoms with Crippen molar-refractivity contribution in [3.8, 4) is 28.7 Å². The van der Waals surface area contributed by atoms with Crippen molar-refractivity contribution in [2.24, 2.45) is 0 Å². The number of fused-ring (bicyclic) bond motifs is 1. The van der Waals surface area contributed by atoms with Crippen LogP contribution in [0.5, 0.6) is 0 Å². The molecule has 27 heavy (non-hydrogen) atoms. The molecule has 0 radical (unpaired) electrons. The van der Waals surface area contributed by atoms with Gasteiger partial charge in [0.2, 0.25) is 11.9 Å². The summed E-state index contributed by atoms with van der Waals surface area (Å²) in [5.74, 6) is 0.109. The van der Waals surface area contributed by atoms with E-state index in [1.807, 2.05) is 37.3 Å². The van der Waals surface area contributed by atoms with Crippen LogP contribution in [0.3, 0.4) is 0 Å². The highest BCUT2D eigenvalue weighted by atomic mass is 16.1. The predicted octanol–water partition coefficient (Wildman–Crippen LogP) is 2.92. The quantitative estimate of drug-likeness (QED) is 0.585.